The van der Waals surface area contributed by atoms with Crippen molar-refractivity contribution in [2.75, 3.05) is 0 Å². The third-order valence-corrected chi connectivity index (χ3v) is 29.3. The summed E-state index contributed by atoms with van der Waals surface area (Å²) in [5.41, 5.74) is 30.0. The molecule has 0 atom stereocenters. The molecule has 0 saturated heterocycles. The minimum Gasteiger partial charge on any atom is -0.0622 e. The van der Waals surface area contributed by atoms with Crippen molar-refractivity contribution in [2.24, 2.45) is 0 Å². The molecule has 660 valence electrons. The van der Waals surface area contributed by atoms with Crippen molar-refractivity contribution in [1.29, 1.82) is 0 Å². The average molecular weight is 1800 g/mol. The molecule has 28 rings (SSSR count). The highest BCUT2D eigenvalue weighted by Crippen LogP contribution is 2.52. The predicted molar refractivity (Wildman–Crippen MR) is 612 cm³/mol. The number of hydrogen-bond donors (Lipinski definition) is 0. The third kappa shape index (κ3) is 15.4. The maximum absolute atomic E-state index is 2.35. The van der Waals surface area contributed by atoms with E-state index >= 15 is 0 Å². The fourth-order valence-corrected chi connectivity index (χ4v) is 22.5. The van der Waals surface area contributed by atoms with E-state index in [2.05, 4.69) is 558 Å². The van der Waals surface area contributed by atoms with Crippen molar-refractivity contribution in [3.8, 4) is 134 Å². The molecule has 0 bridgehead atoms. The molecule has 0 aliphatic rings. The van der Waals surface area contributed by atoms with E-state index in [0.29, 0.717) is 0 Å². The van der Waals surface area contributed by atoms with E-state index < -0.39 is 0 Å². The van der Waals surface area contributed by atoms with Gasteiger partial charge < -0.3 is 0 Å². The first-order chi connectivity index (χ1) is 70.4. The van der Waals surface area contributed by atoms with Gasteiger partial charge in [-0.1, -0.05) is 504 Å². The molecule has 0 heterocycles. The van der Waals surface area contributed by atoms with Gasteiger partial charge in [0.25, 0.3) is 0 Å². The second kappa shape index (κ2) is 36.2. The van der Waals surface area contributed by atoms with Gasteiger partial charge in [-0.2, -0.15) is 0 Å². The van der Waals surface area contributed by atoms with Crippen LogP contribution in [0.2, 0.25) is 0 Å². The van der Waals surface area contributed by atoms with Crippen LogP contribution in [-0.4, -0.2) is 0 Å². The van der Waals surface area contributed by atoms with Crippen molar-refractivity contribution >= 4 is 140 Å². The molecule has 0 unspecified atom stereocenters. The first-order valence-corrected chi connectivity index (χ1v) is 49.2. The topological polar surface area (TPSA) is 0 Å². The molecule has 0 aliphatic heterocycles. The Morgan fingerprint density at radius 3 is 0.542 bits per heavy atom. The number of benzene rings is 28. The SMILES string of the molecule is c1cc(-c2ccc3ccccc3c2)cc(-c2ccc3c(-c4c5ccccc5c(-c5ccc6ccccc6c5)c5ccccc45)cccc3c2)c1.c1ccc(-c2c3ccccc3c(-c3cccc4cc(-c5cccc(-c6ccc7ccccc7c6)c5)ccc34)c3ccccc23)cc1.c1ccc(-c2ccc3c(-c4c5ccccc5c(-c5ccc(-c6ccc7ccccc7c6)cc5)c5ccccc45)cccc3c2)cc1. The Morgan fingerprint density at radius 1 is 0.0704 bits per heavy atom. The van der Waals surface area contributed by atoms with Gasteiger partial charge >= 0.3 is 0 Å². The number of fused-ring (bicyclic) bond motifs is 13. The molecule has 0 saturated carbocycles. The molecule has 0 heteroatoms. The van der Waals surface area contributed by atoms with E-state index in [1.807, 2.05) is 0 Å². The summed E-state index contributed by atoms with van der Waals surface area (Å²) < 4.78 is 0. The van der Waals surface area contributed by atoms with Gasteiger partial charge in [0, 0.05) is 0 Å². The van der Waals surface area contributed by atoms with Crippen molar-refractivity contribution in [2.45, 2.75) is 0 Å². The molecular weight excluding hydrogens is 1710 g/mol. The molecular formula is C142H92. The summed E-state index contributed by atoms with van der Waals surface area (Å²) in [6, 6.07) is 204. The Hall–Kier alpha value is -18.5. The second-order valence-electron chi connectivity index (χ2n) is 37.5. The fourth-order valence-electron chi connectivity index (χ4n) is 22.5. The lowest BCUT2D eigenvalue weighted by molar-refractivity contribution is 1.61. The smallest absolute Gasteiger partial charge is 0.00201 e. The second-order valence-corrected chi connectivity index (χ2v) is 37.5. The number of hydrogen-bond acceptors (Lipinski definition) is 0. The van der Waals surface area contributed by atoms with Gasteiger partial charge in [-0.3, -0.25) is 0 Å². The standard InChI is InChI=1S/C50H32.2C46H30/c1-3-13-35-29-39(25-23-33(35)11-1)37-15-9-16-38(30-37)40-27-28-43-41(31-40)17-10-22-44(43)50-47-20-7-5-18-45(47)49(46-19-6-8-21-48(46)50)42-26-24-34-12-2-4-14-36(34)32-42;1-2-13-32(14-3-1)45-41-19-6-8-21-43(41)46(44-22-9-7-20-42(44)45)40-23-11-18-38-30-37(26-27-39(38)40)35-17-10-16-34(29-35)36-25-24-31-12-4-5-15-33(31)28-36;1-2-11-31(12-3-1)37-27-28-39-38(30-37)15-10-20-40(39)46-43-18-8-6-16-41(43)45(42-17-7-9-19-44(42)46)34-24-21-33(22-25-34)36-26-23-32-13-4-5-14-35(32)29-36/h1-32H;2*1-30H. The van der Waals surface area contributed by atoms with Crippen LogP contribution in [0.15, 0.2) is 558 Å². The van der Waals surface area contributed by atoms with Crippen LogP contribution in [0, 0.1) is 0 Å². The lowest BCUT2D eigenvalue weighted by Crippen LogP contribution is -1.92. The zero-order valence-electron chi connectivity index (χ0n) is 78.1. The van der Waals surface area contributed by atoms with Crippen LogP contribution in [0.1, 0.15) is 0 Å². The molecule has 0 amide bonds. The molecule has 0 spiro atoms. The van der Waals surface area contributed by atoms with Crippen LogP contribution >= 0.6 is 0 Å². The lowest BCUT2D eigenvalue weighted by Gasteiger charge is -2.19. The number of rotatable bonds is 12. The molecule has 28 aromatic rings. The molecule has 0 aromatic heterocycles. The molecule has 28 aromatic carbocycles. The van der Waals surface area contributed by atoms with Crippen LogP contribution in [0.25, 0.3) is 274 Å². The molecule has 0 N–H and O–H groups in total. The van der Waals surface area contributed by atoms with Gasteiger partial charge in [0.15, 0.2) is 0 Å². The minimum absolute atomic E-state index is 1.22. The van der Waals surface area contributed by atoms with Gasteiger partial charge in [0.05, 0.1) is 0 Å². The maximum Gasteiger partial charge on any atom is -0.00201 e. The summed E-state index contributed by atoms with van der Waals surface area (Å²) in [4.78, 5) is 0. The van der Waals surface area contributed by atoms with E-state index in [9.17, 15) is 0 Å². The zero-order chi connectivity index (χ0) is 93.9. The Kier molecular flexibility index (Phi) is 21.4. The molecule has 0 aliphatic carbocycles. The van der Waals surface area contributed by atoms with Gasteiger partial charge in [-0.05, 0) is 328 Å². The van der Waals surface area contributed by atoms with E-state index in [1.165, 1.54) is 274 Å². The summed E-state index contributed by atoms with van der Waals surface area (Å²) in [5.74, 6) is 0. The van der Waals surface area contributed by atoms with Gasteiger partial charge in [0.1, 0.15) is 0 Å². The van der Waals surface area contributed by atoms with Crippen LogP contribution < -0.4 is 0 Å². The fraction of sp³-hybridized carbons (Fsp3) is 0. The summed E-state index contributed by atoms with van der Waals surface area (Å²) in [6.45, 7) is 0. The Morgan fingerprint density at radius 2 is 0.239 bits per heavy atom. The van der Waals surface area contributed by atoms with Crippen molar-refractivity contribution in [3.05, 3.63) is 558 Å². The average Bonchev–Trinajstić information content (AvgIpc) is 0.726. The highest BCUT2D eigenvalue weighted by Gasteiger charge is 2.24. The summed E-state index contributed by atoms with van der Waals surface area (Å²) in [7, 11) is 0. The Balaban J connectivity index is 0.000000109. The van der Waals surface area contributed by atoms with Crippen LogP contribution in [0.3, 0.4) is 0 Å². The van der Waals surface area contributed by atoms with Crippen LogP contribution in [0.4, 0.5) is 0 Å². The summed E-state index contributed by atoms with van der Waals surface area (Å²) >= 11 is 0. The quantitative estimate of drug-likeness (QED) is 0.107. The molecule has 0 radical (unpaired) electrons. The van der Waals surface area contributed by atoms with E-state index in [4.69, 9.17) is 0 Å². The Bertz CT molecular complexity index is 9680. The van der Waals surface area contributed by atoms with E-state index in [-0.39, 0.29) is 0 Å². The van der Waals surface area contributed by atoms with Crippen LogP contribution in [-0.2, 0) is 0 Å². The summed E-state index contributed by atoms with van der Waals surface area (Å²) in [6.07, 6.45) is 0. The summed E-state index contributed by atoms with van der Waals surface area (Å²) in [5, 5.41) is 32.9. The predicted octanol–water partition coefficient (Wildman–Crippen LogP) is 40.1. The lowest BCUT2D eigenvalue weighted by atomic mass is 9.84. The highest BCUT2D eigenvalue weighted by molar-refractivity contribution is 6.27. The van der Waals surface area contributed by atoms with Gasteiger partial charge in [0.2, 0.25) is 0 Å². The molecule has 0 nitrogen and oxygen atoms in total. The normalized spacial score (nSPS) is 11.5. The Labute approximate surface area is 825 Å². The van der Waals surface area contributed by atoms with Crippen molar-refractivity contribution in [3.63, 3.8) is 0 Å². The molecule has 142 heavy (non-hydrogen) atoms. The van der Waals surface area contributed by atoms with Crippen molar-refractivity contribution in [1.82, 2.24) is 0 Å². The largest absolute Gasteiger partial charge is 0.0622 e. The first kappa shape index (κ1) is 84.1. The van der Waals surface area contributed by atoms with Gasteiger partial charge in [-0.15, -0.1) is 0 Å². The zero-order valence-corrected chi connectivity index (χ0v) is 78.1. The highest BCUT2D eigenvalue weighted by atomic mass is 14.3. The first-order valence-electron chi connectivity index (χ1n) is 49.2. The van der Waals surface area contributed by atoms with Crippen LogP contribution in [0.5, 0.6) is 0 Å². The van der Waals surface area contributed by atoms with Crippen molar-refractivity contribution < 1.29 is 0 Å². The third-order valence-electron chi connectivity index (χ3n) is 29.3. The maximum atomic E-state index is 2.35. The van der Waals surface area contributed by atoms with E-state index in [1.54, 1.807) is 0 Å². The monoisotopic (exact) mass is 1800 g/mol. The van der Waals surface area contributed by atoms with E-state index in [0.717, 1.165) is 0 Å². The minimum atomic E-state index is 1.22. The molecule has 0 fully saturated rings. The van der Waals surface area contributed by atoms with Gasteiger partial charge in [-0.25, -0.2) is 0 Å².